The van der Waals surface area contributed by atoms with Crippen LogP contribution in [-0.2, 0) is 4.79 Å². The number of carbonyl (C=O) groups excluding carboxylic acids is 1. The fourth-order valence-corrected chi connectivity index (χ4v) is 2.44. The number of rotatable bonds is 5. The fourth-order valence-electron chi connectivity index (χ4n) is 1.76. The van der Waals surface area contributed by atoms with Crippen molar-refractivity contribution in [3.63, 3.8) is 0 Å². The van der Waals surface area contributed by atoms with Crippen molar-refractivity contribution in [2.75, 3.05) is 0 Å². The van der Waals surface area contributed by atoms with E-state index in [0.717, 1.165) is 0 Å². The van der Waals surface area contributed by atoms with Gasteiger partial charge in [0.1, 0.15) is 11.6 Å². The van der Waals surface area contributed by atoms with Crippen LogP contribution in [0.25, 0.3) is 4.96 Å². The predicted molar refractivity (Wildman–Crippen MR) is 73.1 cm³/mol. The number of carboxylic acid groups (broad SMARTS) is 1. The fraction of sp³-hybridized carbons (Fsp3) is 0.333. The second kappa shape index (κ2) is 5.83. The third-order valence-electron chi connectivity index (χ3n) is 2.77. The van der Waals surface area contributed by atoms with Gasteiger partial charge in [-0.1, -0.05) is 13.3 Å². The molecule has 0 aromatic carbocycles. The van der Waals surface area contributed by atoms with Crippen molar-refractivity contribution in [3.8, 4) is 0 Å². The Kier molecular flexibility index (Phi) is 4.14. The van der Waals surface area contributed by atoms with E-state index in [2.05, 4.69) is 10.3 Å². The molecule has 2 aromatic heterocycles. The van der Waals surface area contributed by atoms with Gasteiger partial charge in [-0.05, 0) is 6.42 Å². The molecule has 0 spiro atoms. The van der Waals surface area contributed by atoms with Crippen molar-refractivity contribution in [2.45, 2.75) is 25.8 Å². The Morgan fingerprint density at radius 1 is 1.55 bits per heavy atom. The van der Waals surface area contributed by atoms with Gasteiger partial charge in [0.15, 0.2) is 4.96 Å². The van der Waals surface area contributed by atoms with Crippen LogP contribution in [0.1, 0.15) is 30.1 Å². The second-order valence-electron chi connectivity index (χ2n) is 4.19. The van der Waals surface area contributed by atoms with Crippen LogP contribution >= 0.6 is 11.3 Å². The van der Waals surface area contributed by atoms with E-state index in [1.165, 1.54) is 28.1 Å². The van der Waals surface area contributed by atoms with E-state index in [-0.39, 0.29) is 5.56 Å². The number of fused-ring (bicyclic) bond motifs is 1. The topological polar surface area (TPSA) is 101 Å². The quantitative estimate of drug-likeness (QED) is 0.847. The molecule has 1 amide bonds. The standard InChI is InChI=1S/C12H13N3O4S/c1-2-3-8(11(18)19)14-9(16)7-6-13-12-15(10(7)17)4-5-20-12/h4-6,8H,2-3H2,1H3,(H,14,16)(H,18,19)/t8-/m0/s1. The number of carbonyl (C=O) groups is 2. The number of hydrogen-bond donors (Lipinski definition) is 2. The maximum absolute atomic E-state index is 12.1. The zero-order chi connectivity index (χ0) is 14.7. The smallest absolute Gasteiger partial charge is 0.326 e. The number of aliphatic carboxylic acids is 1. The molecule has 2 aromatic rings. The van der Waals surface area contributed by atoms with Crippen LogP contribution in [0.15, 0.2) is 22.6 Å². The lowest BCUT2D eigenvalue weighted by atomic mass is 10.1. The lowest BCUT2D eigenvalue weighted by Gasteiger charge is -2.12. The molecule has 0 aliphatic rings. The van der Waals surface area contributed by atoms with Crippen LogP contribution in [0.4, 0.5) is 0 Å². The molecule has 0 unspecified atom stereocenters. The summed E-state index contributed by atoms with van der Waals surface area (Å²) in [6, 6.07) is -1.00. The molecular weight excluding hydrogens is 282 g/mol. The molecule has 0 fully saturated rings. The van der Waals surface area contributed by atoms with Crippen LogP contribution in [0.2, 0.25) is 0 Å². The van der Waals surface area contributed by atoms with Crippen LogP contribution in [-0.4, -0.2) is 32.4 Å². The molecule has 0 aliphatic carbocycles. The van der Waals surface area contributed by atoms with Crippen molar-refractivity contribution >= 4 is 28.2 Å². The van der Waals surface area contributed by atoms with Crippen LogP contribution in [0, 0.1) is 0 Å². The van der Waals surface area contributed by atoms with Gasteiger partial charge in [-0.2, -0.15) is 0 Å². The summed E-state index contributed by atoms with van der Waals surface area (Å²) in [4.78, 5) is 39.5. The molecule has 2 N–H and O–H groups in total. The van der Waals surface area contributed by atoms with Crippen LogP contribution in [0.5, 0.6) is 0 Å². The van der Waals surface area contributed by atoms with Gasteiger partial charge in [0, 0.05) is 17.8 Å². The highest BCUT2D eigenvalue weighted by molar-refractivity contribution is 7.15. The van der Waals surface area contributed by atoms with Gasteiger partial charge in [-0.25, -0.2) is 9.78 Å². The Morgan fingerprint density at radius 2 is 2.30 bits per heavy atom. The monoisotopic (exact) mass is 295 g/mol. The van der Waals surface area contributed by atoms with Gasteiger partial charge in [0.2, 0.25) is 0 Å². The van der Waals surface area contributed by atoms with Crippen molar-refractivity contribution in [1.82, 2.24) is 14.7 Å². The van der Waals surface area contributed by atoms with E-state index in [1.54, 1.807) is 5.38 Å². The van der Waals surface area contributed by atoms with Gasteiger partial charge in [0.25, 0.3) is 11.5 Å². The first-order valence-corrected chi connectivity index (χ1v) is 6.91. The maximum Gasteiger partial charge on any atom is 0.326 e. The first kappa shape index (κ1) is 14.2. The third-order valence-corrected chi connectivity index (χ3v) is 3.54. The first-order chi connectivity index (χ1) is 9.54. The minimum atomic E-state index is -1.12. The van der Waals surface area contributed by atoms with Crippen molar-refractivity contribution < 1.29 is 14.7 Å². The average Bonchev–Trinajstić information content (AvgIpc) is 2.87. The van der Waals surface area contributed by atoms with Gasteiger partial charge < -0.3 is 10.4 Å². The van der Waals surface area contributed by atoms with Gasteiger partial charge >= 0.3 is 5.97 Å². The van der Waals surface area contributed by atoms with Crippen molar-refractivity contribution in [2.24, 2.45) is 0 Å². The van der Waals surface area contributed by atoms with Crippen molar-refractivity contribution in [1.29, 1.82) is 0 Å². The minimum Gasteiger partial charge on any atom is -0.480 e. The number of hydrogen-bond acceptors (Lipinski definition) is 5. The molecule has 0 saturated heterocycles. The lowest BCUT2D eigenvalue weighted by molar-refractivity contribution is -0.139. The zero-order valence-corrected chi connectivity index (χ0v) is 11.5. The maximum atomic E-state index is 12.1. The Morgan fingerprint density at radius 3 is 2.95 bits per heavy atom. The molecule has 7 nitrogen and oxygen atoms in total. The number of aromatic nitrogens is 2. The summed E-state index contributed by atoms with van der Waals surface area (Å²) in [6.45, 7) is 1.82. The highest BCUT2D eigenvalue weighted by Gasteiger charge is 2.22. The van der Waals surface area contributed by atoms with E-state index < -0.39 is 23.5 Å². The Balaban J connectivity index is 2.29. The molecule has 8 heteroatoms. The third kappa shape index (κ3) is 2.69. The number of amides is 1. The number of nitrogens with zero attached hydrogens (tertiary/aromatic N) is 2. The highest BCUT2D eigenvalue weighted by Crippen LogP contribution is 2.06. The Bertz CT molecular complexity index is 706. The average molecular weight is 295 g/mol. The normalized spacial score (nSPS) is 12.2. The van der Waals surface area contributed by atoms with E-state index in [1.807, 2.05) is 6.92 Å². The molecule has 2 rings (SSSR count). The van der Waals surface area contributed by atoms with Gasteiger partial charge in [-0.15, -0.1) is 11.3 Å². The molecular formula is C12H13N3O4S. The molecule has 0 aliphatic heterocycles. The number of nitrogens with one attached hydrogen (secondary N) is 1. The zero-order valence-electron chi connectivity index (χ0n) is 10.7. The summed E-state index contributed by atoms with van der Waals surface area (Å²) in [7, 11) is 0. The van der Waals surface area contributed by atoms with Gasteiger partial charge in [0.05, 0.1) is 0 Å². The molecule has 1 atom stereocenters. The molecule has 20 heavy (non-hydrogen) atoms. The lowest BCUT2D eigenvalue weighted by Crippen LogP contribution is -2.42. The molecule has 2 heterocycles. The molecule has 0 saturated carbocycles. The summed E-state index contributed by atoms with van der Waals surface area (Å²) in [5.74, 6) is -1.84. The highest BCUT2D eigenvalue weighted by atomic mass is 32.1. The number of carboxylic acids is 1. The van der Waals surface area contributed by atoms with Gasteiger partial charge in [-0.3, -0.25) is 14.0 Å². The summed E-state index contributed by atoms with van der Waals surface area (Å²) in [5, 5.41) is 13.0. The SMILES string of the molecule is CCC[C@H](NC(=O)c1cnc2sccn2c1=O)C(=O)O. The summed E-state index contributed by atoms with van der Waals surface area (Å²) in [6.07, 6.45) is 3.61. The number of thiazole rings is 1. The minimum absolute atomic E-state index is 0.164. The van der Waals surface area contributed by atoms with E-state index in [4.69, 9.17) is 5.11 Å². The summed E-state index contributed by atoms with van der Waals surface area (Å²) in [5.41, 5.74) is -0.669. The second-order valence-corrected chi connectivity index (χ2v) is 5.06. The van der Waals surface area contributed by atoms with Crippen molar-refractivity contribution in [3.05, 3.63) is 33.7 Å². The molecule has 106 valence electrons. The predicted octanol–water partition coefficient (Wildman–Crippen LogP) is 0.739. The molecule has 0 radical (unpaired) electrons. The van der Waals surface area contributed by atoms with Crippen LogP contribution < -0.4 is 10.9 Å². The van der Waals surface area contributed by atoms with E-state index in [0.29, 0.717) is 17.8 Å². The summed E-state index contributed by atoms with van der Waals surface area (Å²) >= 11 is 1.27. The van der Waals surface area contributed by atoms with E-state index in [9.17, 15) is 14.4 Å². The Labute approximate surface area is 117 Å². The van der Waals surface area contributed by atoms with Crippen LogP contribution in [0.3, 0.4) is 0 Å². The molecule has 0 bridgehead atoms. The largest absolute Gasteiger partial charge is 0.480 e. The first-order valence-electron chi connectivity index (χ1n) is 6.03. The Hall–Kier alpha value is -2.22. The summed E-state index contributed by atoms with van der Waals surface area (Å²) < 4.78 is 1.26. The van der Waals surface area contributed by atoms with E-state index >= 15 is 0 Å².